The molecular formula is C17H35IN4OS. The number of carbonyl (C=O) groups excluding carboxylic acids is 1. The molecule has 1 saturated heterocycles. The number of nitrogens with one attached hydrogen (secondary N) is 2. The van der Waals surface area contributed by atoms with Crippen LogP contribution < -0.4 is 10.6 Å². The summed E-state index contributed by atoms with van der Waals surface area (Å²) < 4.78 is 0.126. The summed E-state index contributed by atoms with van der Waals surface area (Å²) in [6.45, 7) is 11.7. The topological polar surface area (TPSA) is 56.7 Å². The first-order valence-electron chi connectivity index (χ1n) is 8.76. The summed E-state index contributed by atoms with van der Waals surface area (Å²) in [5.74, 6) is 1.05. The van der Waals surface area contributed by atoms with E-state index in [1.54, 1.807) is 0 Å². The van der Waals surface area contributed by atoms with E-state index in [1.165, 1.54) is 6.42 Å². The van der Waals surface area contributed by atoms with Gasteiger partial charge in [0.25, 0.3) is 0 Å². The second-order valence-corrected chi connectivity index (χ2v) is 8.28. The van der Waals surface area contributed by atoms with Crippen molar-refractivity contribution in [2.75, 3.05) is 32.4 Å². The van der Waals surface area contributed by atoms with Gasteiger partial charge in [-0.3, -0.25) is 9.79 Å². The molecule has 0 spiro atoms. The summed E-state index contributed by atoms with van der Waals surface area (Å²) in [6.07, 6.45) is 6.14. The van der Waals surface area contributed by atoms with E-state index in [4.69, 9.17) is 0 Å². The Kier molecular flexibility index (Phi) is 12.1. The molecule has 1 aliphatic heterocycles. The second kappa shape index (κ2) is 12.2. The number of piperidine rings is 1. The number of hydrogen-bond donors (Lipinski definition) is 2. The van der Waals surface area contributed by atoms with Crippen molar-refractivity contribution in [1.82, 2.24) is 15.5 Å². The van der Waals surface area contributed by atoms with E-state index in [-0.39, 0.29) is 34.6 Å². The molecule has 0 aromatic rings. The highest BCUT2D eigenvalue weighted by atomic mass is 127. The molecule has 0 radical (unpaired) electrons. The Balaban J connectivity index is 0.00000529. The van der Waals surface area contributed by atoms with Gasteiger partial charge in [-0.15, -0.1) is 24.0 Å². The number of nitrogens with zero attached hydrogens (tertiary/aromatic N) is 2. The Morgan fingerprint density at radius 1 is 1.33 bits per heavy atom. The van der Waals surface area contributed by atoms with Crippen LogP contribution in [0.5, 0.6) is 0 Å². The van der Waals surface area contributed by atoms with Crippen molar-refractivity contribution in [3.63, 3.8) is 0 Å². The Bertz CT molecular complexity index is 404. The van der Waals surface area contributed by atoms with Gasteiger partial charge in [0, 0.05) is 36.8 Å². The summed E-state index contributed by atoms with van der Waals surface area (Å²) in [7, 11) is 0. The normalized spacial score (nSPS) is 18.8. The van der Waals surface area contributed by atoms with E-state index in [0.29, 0.717) is 19.0 Å². The van der Waals surface area contributed by atoms with Gasteiger partial charge < -0.3 is 15.5 Å². The molecule has 0 bridgehead atoms. The fourth-order valence-corrected chi connectivity index (χ4v) is 2.77. The van der Waals surface area contributed by atoms with Crippen LogP contribution in [-0.2, 0) is 4.79 Å². The van der Waals surface area contributed by atoms with Crippen molar-refractivity contribution in [1.29, 1.82) is 0 Å². The molecule has 142 valence electrons. The molecule has 5 nitrogen and oxygen atoms in total. The molecule has 0 aromatic heterocycles. The number of thioether (sulfide) groups is 1. The van der Waals surface area contributed by atoms with E-state index >= 15 is 0 Å². The Labute approximate surface area is 169 Å². The first kappa shape index (κ1) is 23.8. The smallest absolute Gasteiger partial charge is 0.224 e. The third kappa shape index (κ3) is 8.78. The van der Waals surface area contributed by atoms with Crippen LogP contribution in [0.3, 0.4) is 0 Å². The SMILES string of the molecule is CCNC(=NCC(C)(C)SC)NCCC(=O)N1CCCCC1C.I. The van der Waals surface area contributed by atoms with Gasteiger partial charge in [-0.25, -0.2) is 0 Å². The minimum absolute atomic E-state index is 0. The van der Waals surface area contributed by atoms with Crippen molar-refractivity contribution in [3.05, 3.63) is 0 Å². The van der Waals surface area contributed by atoms with Crippen molar-refractivity contribution < 1.29 is 4.79 Å². The summed E-state index contributed by atoms with van der Waals surface area (Å²) in [5.41, 5.74) is 0. The third-order valence-corrected chi connectivity index (χ3v) is 5.50. The van der Waals surface area contributed by atoms with Gasteiger partial charge >= 0.3 is 0 Å². The number of likely N-dealkylation sites (tertiary alicyclic amines) is 1. The molecule has 1 rings (SSSR count). The highest BCUT2D eigenvalue weighted by molar-refractivity contribution is 14.0. The average Bonchev–Trinajstić information content (AvgIpc) is 2.53. The summed E-state index contributed by atoms with van der Waals surface area (Å²) >= 11 is 1.81. The van der Waals surface area contributed by atoms with Gasteiger partial charge in [0.1, 0.15) is 0 Å². The number of halogens is 1. The molecule has 1 atom stereocenters. The lowest BCUT2D eigenvalue weighted by Crippen LogP contribution is -2.44. The lowest BCUT2D eigenvalue weighted by atomic mass is 10.0. The van der Waals surface area contributed by atoms with Crippen molar-refractivity contribution >= 4 is 47.6 Å². The number of rotatable bonds is 7. The first-order chi connectivity index (χ1) is 10.9. The lowest BCUT2D eigenvalue weighted by Gasteiger charge is -2.33. The average molecular weight is 470 g/mol. The van der Waals surface area contributed by atoms with Crippen LogP contribution in [0.2, 0.25) is 0 Å². The first-order valence-corrected chi connectivity index (χ1v) is 9.99. The van der Waals surface area contributed by atoms with Crippen LogP contribution >= 0.6 is 35.7 Å². The van der Waals surface area contributed by atoms with Gasteiger partial charge in [0.2, 0.25) is 5.91 Å². The standard InChI is InChI=1S/C17H34N4OS.HI/c1-6-18-16(20-13-17(3,4)23-5)19-11-10-15(22)21-12-8-7-9-14(21)2;/h14H,6-13H2,1-5H3,(H2,18,19,20);1H. The van der Waals surface area contributed by atoms with Crippen LogP contribution in [0, 0.1) is 0 Å². The summed E-state index contributed by atoms with van der Waals surface area (Å²) in [4.78, 5) is 19.0. The monoisotopic (exact) mass is 470 g/mol. The zero-order valence-corrected chi connectivity index (χ0v) is 19.0. The molecule has 1 unspecified atom stereocenters. The fraction of sp³-hybridized carbons (Fsp3) is 0.882. The van der Waals surface area contributed by atoms with Crippen LogP contribution in [-0.4, -0.2) is 60.0 Å². The van der Waals surface area contributed by atoms with Crippen LogP contribution in [0.4, 0.5) is 0 Å². The quantitative estimate of drug-likeness (QED) is 0.341. The highest BCUT2D eigenvalue weighted by Gasteiger charge is 2.22. The maximum atomic E-state index is 12.3. The van der Waals surface area contributed by atoms with Gasteiger partial charge in [-0.1, -0.05) is 0 Å². The Morgan fingerprint density at radius 3 is 2.62 bits per heavy atom. The third-order valence-electron chi connectivity index (χ3n) is 4.27. The summed E-state index contributed by atoms with van der Waals surface area (Å²) in [5, 5.41) is 6.53. The second-order valence-electron chi connectivity index (χ2n) is 6.77. The molecule has 0 saturated carbocycles. The minimum Gasteiger partial charge on any atom is -0.357 e. The summed E-state index contributed by atoms with van der Waals surface area (Å²) in [6, 6.07) is 0.389. The molecule has 24 heavy (non-hydrogen) atoms. The Hall–Kier alpha value is -0.180. The molecule has 2 N–H and O–H groups in total. The Morgan fingerprint density at radius 2 is 2.04 bits per heavy atom. The fourth-order valence-electron chi connectivity index (χ4n) is 2.58. The molecule has 1 fully saturated rings. The molecule has 7 heteroatoms. The van der Waals surface area contributed by atoms with E-state index in [9.17, 15) is 4.79 Å². The molecule has 1 amide bonds. The maximum absolute atomic E-state index is 12.3. The van der Waals surface area contributed by atoms with Gasteiger partial charge in [-0.05, 0) is 53.2 Å². The van der Waals surface area contributed by atoms with Crippen molar-refractivity contribution in [3.8, 4) is 0 Å². The molecule has 1 heterocycles. The predicted molar refractivity (Wildman–Crippen MR) is 117 cm³/mol. The largest absolute Gasteiger partial charge is 0.357 e. The lowest BCUT2D eigenvalue weighted by molar-refractivity contribution is -0.134. The molecule has 0 aliphatic carbocycles. The zero-order chi connectivity index (χ0) is 17.3. The minimum atomic E-state index is 0. The van der Waals surface area contributed by atoms with Crippen LogP contribution in [0.15, 0.2) is 4.99 Å². The molecular weight excluding hydrogens is 435 g/mol. The maximum Gasteiger partial charge on any atom is 0.224 e. The van der Waals surface area contributed by atoms with Gasteiger partial charge in [0.15, 0.2) is 5.96 Å². The number of carbonyl (C=O) groups is 1. The van der Waals surface area contributed by atoms with E-state index in [1.807, 2.05) is 16.7 Å². The van der Waals surface area contributed by atoms with Crippen molar-refractivity contribution in [2.45, 2.75) is 64.2 Å². The van der Waals surface area contributed by atoms with E-state index in [2.05, 4.69) is 49.6 Å². The van der Waals surface area contributed by atoms with Crippen LogP contribution in [0.1, 0.15) is 53.4 Å². The molecule has 1 aliphatic rings. The van der Waals surface area contributed by atoms with E-state index in [0.717, 1.165) is 38.4 Å². The number of aliphatic imine (C=N–C) groups is 1. The van der Waals surface area contributed by atoms with E-state index < -0.39 is 0 Å². The zero-order valence-electron chi connectivity index (χ0n) is 15.9. The number of guanidine groups is 1. The molecule has 0 aromatic carbocycles. The number of hydrogen-bond acceptors (Lipinski definition) is 3. The van der Waals surface area contributed by atoms with Crippen molar-refractivity contribution in [2.24, 2.45) is 4.99 Å². The van der Waals surface area contributed by atoms with Gasteiger partial charge in [-0.2, -0.15) is 11.8 Å². The van der Waals surface area contributed by atoms with Gasteiger partial charge in [0.05, 0.1) is 6.54 Å². The van der Waals surface area contributed by atoms with Crippen LogP contribution in [0.25, 0.3) is 0 Å². The number of amides is 1. The highest BCUT2D eigenvalue weighted by Crippen LogP contribution is 2.21. The predicted octanol–water partition coefficient (Wildman–Crippen LogP) is 3.09.